The number of benzene rings is 1. The predicted molar refractivity (Wildman–Crippen MR) is 82.3 cm³/mol. The molecule has 0 fully saturated rings. The quantitative estimate of drug-likeness (QED) is 0.262. The number of hydrogen-bond donors (Lipinski definition) is 0. The Morgan fingerprint density at radius 2 is 2.12 bits per heavy atom. The van der Waals surface area contributed by atoms with Crippen molar-refractivity contribution in [1.29, 1.82) is 0 Å². The van der Waals surface area contributed by atoms with E-state index < -0.39 is 0 Å². The molecule has 1 aromatic carbocycles. The molecular formula is C12H11IO2S2. The molecule has 0 saturated heterocycles. The molecule has 0 amide bonds. The Hall–Kier alpha value is -0.320. The third-order valence-electron chi connectivity index (χ3n) is 1.75. The Morgan fingerprint density at radius 1 is 1.41 bits per heavy atom. The zero-order valence-corrected chi connectivity index (χ0v) is 13.0. The van der Waals surface area contributed by atoms with E-state index in [2.05, 4.69) is 32.4 Å². The van der Waals surface area contributed by atoms with Gasteiger partial charge in [0.2, 0.25) is 0 Å². The number of ether oxygens (including phenoxy) is 1. The van der Waals surface area contributed by atoms with E-state index in [1.165, 1.54) is 15.9 Å². The van der Waals surface area contributed by atoms with Crippen LogP contribution >= 0.6 is 41.9 Å². The Kier molecular flexibility index (Phi) is 7.56. The van der Waals surface area contributed by atoms with Gasteiger partial charge in [0.25, 0.3) is 0 Å². The molecule has 0 bridgehead atoms. The molecule has 1 rings (SSSR count). The van der Waals surface area contributed by atoms with Crippen LogP contribution in [0.5, 0.6) is 0 Å². The summed E-state index contributed by atoms with van der Waals surface area (Å²) in [7, 11) is 1.48. The maximum Gasteiger partial charge on any atom is 0.302 e. The summed E-state index contributed by atoms with van der Waals surface area (Å²) in [6.45, 7) is 1.87. The topological polar surface area (TPSA) is 26.3 Å². The van der Waals surface area contributed by atoms with Crippen molar-refractivity contribution in [3.8, 4) is 11.2 Å². The first kappa shape index (κ1) is 14.7. The van der Waals surface area contributed by atoms with E-state index in [9.17, 15) is 4.79 Å². The molecule has 0 radical (unpaired) electrons. The van der Waals surface area contributed by atoms with Gasteiger partial charge in [-0.1, -0.05) is 5.92 Å². The summed E-state index contributed by atoms with van der Waals surface area (Å²) >= 11 is 3.81. The summed E-state index contributed by atoms with van der Waals surface area (Å²) in [6.07, 6.45) is 0. The lowest BCUT2D eigenvalue weighted by molar-refractivity contribution is -0.140. The van der Waals surface area contributed by atoms with Crippen molar-refractivity contribution in [2.24, 2.45) is 0 Å². The Morgan fingerprint density at radius 3 is 2.71 bits per heavy atom. The minimum absolute atomic E-state index is 0.229. The summed E-state index contributed by atoms with van der Waals surface area (Å²) in [6, 6.07) is 8.04. The van der Waals surface area contributed by atoms with Crippen molar-refractivity contribution in [1.82, 2.24) is 0 Å². The molecule has 0 N–H and O–H groups in total. The Bertz CT molecular complexity index is 420. The maximum atomic E-state index is 10.6. The second-order valence-electron chi connectivity index (χ2n) is 3.02. The first-order chi connectivity index (χ1) is 8.22. The van der Waals surface area contributed by atoms with Gasteiger partial charge in [0.15, 0.2) is 0 Å². The molecule has 0 aliphatic rings. The highest BCUT2D eigenvalue weighted by Crippen LogP contribution is 2.18. The predicted octanol–water partition coefficient (Wildman–Crippen LogP) is 3.73. The number of rotatable bonds is 4. The first-order valence-electron chi connectivity index (χ1n) is 4.87. The van der Waals surface area contributed by atoms with Gasteiger partial charge in [0, 0.05) is 44.3 Å². The first-order valence-corrected chi connectivity index (χ1v) is 9.21. The number of thioether (sulfide) groups is 1. The van der Waals surface area contributed by atoms with Gasteiger partial charge >= 0.3 is 5.97 Å². The lowest BCUT2D eigenvalue weighted by Gasteiger charge is -2.02. The molecule has 0 aliphatic heterocycles. The van der Waals surface area contributed by atoms with Gasteiger partial charge in [-0.25, -0.2) is 0 Å². The molecule has 5 heteroatoms. The van der Waals surface area contributed by atoms with Crippen LogP contribution in [0.4, 0.5) is 0 Å². The number of carbonyl (C=O) groups excluding carboxylic acids is 1. The Labute approximate surface area is 122 Å². The minimum atomic E-state index is -0.229. The SMILES string of the molecule is CC(=O)OCCSc1ccc(C#CSI)cc1. The molecule has 0 unspecified atom stereocenters. The molecule has 0 aromatic heterocycles. The standard InChI is InChI=1S/C12H11IO2S2/c1-10(14)15-7-9-16-12-4-2-11(3-5-12)6-8-17-13/h2-5H,7,9H2,1H3. The van der Waals surface area contributed by atoms with Crippen LogP contribution in [0.1, 0.15) is 12.5 Å². The fourth-order valence-corrected chi connectivity index (χ4v) is 2.28. The van der Waals surface area contributed by atoms with Gasteiger partial charge < -0.3 is 4.74 Å². The van der Waals surface area contributed by atoms with Crippen LogP contribution in [0.25, 0.3) is 0 Å². The van der Waals surface area contributed by atoms with Gasteiger partial charge in [0.1, 0.15) is 6.61 Å². The Balaban J connectivity index is 2.37. The van der Waals surface area contributed by atoms with E-state index in [4.69, 9.17) is 4.74 Å². The van der Waals surface area contributed by atoms with Crippen molar-refractivity contribution >= 4 is 47.9 Å². The van der Waals surface area contributed by atoms with Gasteiger partial charge in [-0.2, -0.15) is 0 Å². The van der Waals surface area contributed by atoms with Gasteiger partial charge in [-0.15, -0.1) is 11.8 Å². The fraction of sp³-hybridized carbons (Fsp3) is 0.250. The molecule has 0 spiro atoms. The van der Waals surface area contributed by atoms with Crippen LogP contribution in [-0.2, 0) is 9.53 Å². The minimum Gasteiger partial charge on any atom is -0.465 e. The fourth-order valence-electron chi connectivity index (χ4n) is 1.06. The summed E-state index contributed by atoms with van der Waals surface area (Å²) in [5, 5.41) is 2.94. The van der Waals surface area contributed by atoms with Crippen molar-refractivity contribution < 1.29 is 9.53 Å². The largest absolute Gasteiger partial charge is 0.465 e. The van der Waals surface area contributed by atoms with Crippen LogP contribution in [-0.4, -0.2) is 18.3 Å². The van der Waals surface area contributed by atoms with Gasteiger partial charge in [0.05, 0.1) is 0 Å². The van der Waals surface area contributed by atoms with Crippen molar-refractivity contribution in [3.05, 3.63) is 29.8 Å². The van der Waals surface area contributed by atoms with Crippen molar-refractivity contribution in [3.63, 3.8) is 0 Å². The van der Waals surface area contributed by atoms with Crippen LogP contribution in [0, 0.1) is 11.2 Å². The number of hydrogen-bond acceptors (Lipinski definition) is 4. The monoisotopic (exact) mass is 378 g/mol. The molecule has 0 heterocycles. The van der Waals surface area contributed by atoms with E-state index in [0.29, 0.717) is 6.61 Å². The molecule has 17 heavy (non-hydrogen) atoms. The molecule has 90 valence electrons. The molecule has 1 aromatic rings. The van der Waals surface area contributed by atoms with Crippen LogP contribution in [0.15, 0.2) is 29.2 Å². The van der Waals surface area contributed by atoms with E-state index >= 15 is 0 Å². The molecule has 0 atom stereocenters. The zero-order chi connectivity index (χ0) is 12.5. The lowest BCUT2D eigenvalue weighted by atomic mass is 10.2. The van der Waals surface area contributed by atoms with Crippen LogP contribution < -0.4 is 0 Å². The third kappa shape index (κ3) is 6.86. The molecule has 0 aliphatic carbocycles. The highest BCUT2D eigenvalue weighted by atomic mass is 127. The van der Waals surface area contributed by atoms with Crippen molar-refractivity contribution in [2.75, 3.05) is 12.4 Å². The van der Waals surface area contributed by atoms with Gasteiger partial charge in [-0.05, 0) is 38.5 Å². The number of carbonyl (C=O) groups is 1. The maximum absolute atomic E-state index is 10.6. The average Bonchev–Trinajstić information content (AvgIpc) is 2.33. The average molecular weight is 378 g/mol. The van der Waals surface area contributed by atoms with Gasteiger partial charge in [-0.3, -0.25) is 4.79 Å². The second kappa shape index (κ2) is 8.72. The summed E-state index contributed by atoms with van der Waals surface area (Å²) < 4.78 is 4.85. The smallest absolute Gasteiger partial charge is 0.302 e. The second-order valence-corrected chi connectivity index (χ2v) is 5.87. The van der Waals surface area contributed by atoms with E-state index in [1.54, 1.807) is 11.8 Å². The number of esters is 1. The highest BCUT2D eigenvalue weighted by molar-refractivity contribution is 14.2. The van der Waals surface area contributed by atoms with E-state index in [1.807, 2.05) is 24.3 Å². The third-order valence-corrected chi connectivity index (χ3v) is 3.56. The highest BCUT2D eigenvalue weighted by Gasteiger charge is 1.96. The normalized spacial score (nSPS) is 9.29. The van der Waals surface area contributed by atoms with Crippen molar-refractivity contribution in [2.45, 2.75) is 11.8 Å². The van der Waals surface area contributed by atoms with Crippen LogP contribution in [0.3, 0.4) is 0 Å². The molecule has 0 saturated carbocycles. The lowest BCUT2D eigenvalue weighted by Crippen LogP contribution is -2.02. The summed E-state index contributed by atoms with van der Waals surface area (Å²) in [4.78, 5) is 11.7. The zero-order valence-electron chi connectivity index (χ0n) is 9.23. The molecule has 2 nitrogen and oxygen atoms in total. The van der Waals surface area contributed by atoms with Crippen LogP contribution in [0.2, 0.25) is 0 Å². The van der Waals surface area contributed by atoms with E-state index in [0.717, 1.165) is 16.2 Å². The summed E-state index contributed by atoms with van der Waals surface area (Å²) in [5.41, 5.74) is 1.01. The van der Waals surface area contributed by atoms with E-state index in [-0.39, 0.29) is 5.97 Å². The summed E-state index contributed by atoms with van der Waals surface area (Å²) in [5.74, 6) is 3.57. The number of halogens is 1. The molecular weight excluding hydrogens is 367 g/mol.